The van der Waals surface area contributed by atoms with Crippen LogP contribution in [0.4, 0.5) is 0 Å². The molecule has 1 N–H and O–H groups in total. The lowest BCUT2D eigenvalue weighted by Gasteiger charge is -2.38. The van der Waals surface area contributed by atoms with Crippen molar-refractivity contribution in [2.45, 2.75) is 64.0 Å². The first kappa shape index (κ1) is 12.4. The highest BCUT2D eigenvalue weighted by Crippen LogP contribution is 2.29. The van der Waals surface area contributed by atoms with Gasteiger partial charge in [0.2, 0.25) is 0 Å². The lowest BCUT2D eigenvalue weighted by atomic mass is 9.96. The van der Waals surface area contributed by atoms with Gasteiger partial charge in [0, 0.05) is 18.6 Å². The second-order valence-electron chi connectivity index (χ2n) is 5.64. The molecule has 0 aromatic carbocycles. The van der Waals surface area contributed by atoms with Gasteiger partial charge >= 0.3 is 0 Å². The van der Waals surface area contributed by atoms with Gasteiger partial charge in [0.05, 0.1) is 0 Å². The van der Waals surface area contributed by atoms with Crippen molar-refractivity contribution in [2.75, 3.05) is 20.1 Å². The van der Waals surface area contributed by atoms with Gasteiger partial charge in [-0.15, -0.1) is 0 Å². The highest BCUT2D eigenvalue weighted by atomic mass is 15.2. The molecule has 0 aromatic rings. The zero-order valence-electron chi connectivity index (χ0n) is 11.0. The van der Waals surface area contributed by atoms with E-state index < -0.39 is 0 Å². The summed E-state index contributed by atoms with van der Waals surface area (Å²) < 4.78 is 0. The van der Waals surface area contributed by atoms with Gasteiger partial charge in [0.1, 0.15) is 0 Å². The highest BCUT2D eigenvalue weighted by Gasteiger charge is 2.30. The molecule has 1 saturated heterocycles. The molecule has 2 heteroatoms. The van der Waals surface area contributed by atoms with Gasteiger partial charge < -0.3 is 10.2 Å². The van der Waals surface area contributed by atoms with E-state index >= 15 is 0 Å². The van der Waals surface area contributed by atoms with Gasteiger partial charge in [-0.25, -0.2) is 0 Å². The first-order chi connectivity index (χ1) is 7.85. The maximum Gasteiger partial charge on any atom is 0.0104 e. The normalized spacial score (nSPS) is 36.8. The number of nitrogens with zero attached hydrogens (tertiary/aromatic N) is 1. The Kier molecular flexibility index (Phi) is 4.66. The van der Waals surface area contributed by atoms with Crippen molar-refractivity contribution >= 4 is 0 Å². The molecule has 0 radical (unpaired) electrons. The van der Waals surface area contributed by atoms with Gasteiger partial charge in [-0.2, -0.15) is 0 Å². The summed E-state index contributed by atoms with van der Waals surface area (Å²) in [5.41, 5.74) is 0. The van der Waals surface area contributed by atoms with Crippen molar-refractivity contribution < 1.29 is 0 Å². The summed E-state index contributed by atoms with van der Waals surface area (Å²) in [6.45, 7) is 5.06. The van der Waals surface area contributed by atoms with E-state index in [9.17, 15) is 0 Å². The fourth-order valence-electron chi connectivity index (χ4n) is 3.70. The monoisotopic (exact) mass is 224 g/mol. The highest BCUT2D eigenvalue weighted by molar-refractivity contribution is 4.86. The van der Waals surface area contributed by atoms with Crippen LogP contribution in [-0.4, -0.2) is 37.1 Å². The molecule has 2 aliphatic rings. The number of nitrogens with one attached hydrogen (secondary N) is 1. The van der Waals surface area contributed by atoms with E-state index in [1.54, 1.807) is 0 Å². The minimum atomic E-state index is 0.791. The van der Waals surface area contributed by atoms with Gasteiger partial charge in [0.15, 0.2) is 0 Å². The first-order valence-corrected chi connectivity index (χ1v) is 7.26. The molecular weight excluding hydrogens is 196 g/mol. The predicted molar refractivity (Wildman–Crippen MR) is 69.7 cm³/mol. The van der Waals surface area contributed by atoms with Crippen molar-refractivity contribution in [2.24, 2.45) is 5.92 Å². The van der Waals surface area contributed by atoms with Gasteiger partial charge in [-0.3, -0.25) is 0 Å². The molecule has 1 aliphatic heterocycles. The molecule has 1 heterocycles. The molecule has 94 valence electrons. The van der Waals surface area contributed by atoms with Crippen LogP contribution in [0.25, 0.3) is 0 Å². The first-order valence-electron chi connectivity index (χ1n) is 7.26. The molecule has 0 amide bonds. The van der Waals surface area contributed by atoms with Crippen LogP contribution >= 0.6 is 0 Å². The van der Waals surface area contributed by atoms with Gasteiger partial charge in [-0.1, -0.05) is 19.8 Å². The summed E-state index contributed by atoms with van der Waals surface area (Å²) in [6.07, 6.45) is 9.93. The van der Waals surface area contributed by atoms with E-state index in [1.807, 2.05) is 0 Å². The third-order valence-electron chi connectivity index (χ3n) is 4.72. The quantitative estimate of drug-likeness (QED) is 0.790. The fraction of sp³-hybridized carbons (Fsp3) is 1.00. The van der Waals surface area contributed by atoms with E-state index in [0.717, 1.165) is 18.0 Å². The van der Waals surface area contributed by atoms with E-state index in [2.05, 4.69) is 24.2 Å². The third-order valence-corrected chi connectivity index (χ3v) is 4.72. The topological polar surface area (TPSA) is 15.3 Å². The number of piperidine rings is 1. The van der Waals surface area contributed by atoms with Crippen LogP contribution in [0, 0.1) is 5.92 Å². The standard InChI is InChI=1S/C14H28N2/c1-3-13-8-4-5-10-16(13)11-12-7-6-9-14(12)15-2/h12-15H,3-11H2,1-2H3. The zero-order valence-corrected chi connectivity index (χ0v) is 11.0. The maximum absolute atomic E-state index is 3.51. The Hall–Kier alpha value is -0.0800. The average molecular weight is 224 g/mol. The number of likely N-dealkylation sites (tertiary alicyclic amines) is 1. The Balaban J connectivity index is 1.86. The molecule has 1 saturated carbocycles. The Labute approximate surface area is 101 Å². The van der Waals surface area contributed by atoms with E-state index in [-0.39, 0.29) is 0 Å². The van der Waals surface area contributed by atoms with Gasteiger partial charge in [-0.05, 0) is 51.6 Å². The van der Waals surface area contributed by atoms with Crippen LogP contribution in [0.3, 0.4) is 0 Å². The Morgan fingerprint density at radius 2 is 2.00 bits per heavy atom. The summed E-state index contributed by atoms with van der Waals surface area (Å²) >= 11 is 0. The van der Waals surface area contributed by atoms with Crippen molar-refractivity contribution in [3.05, 3.63) is 0 Å². The largest absolute Gasteiger partial charge is 0.317 e. The van der Waals surface area contributed by atoms with Crippen molar-refractivity contribution in [3.63, 3.8) is 0 Å². The summed E-state index contributed by atoms with van der Waals surface area (Å²) in [5, 5.41) is 3.51. The number of hydrogen-bond acceptors (Lipinski definition) is 2. The van der Waals surface area contributed by atoms with Crippen molar-refractivity contribution in [3.8, 4) is 0 Å². The molecule has 0 bridgehead atoms. The molecule has 3 atom stereocenters. The fourth-order valence-corrected chi connectivity index (χ4v) is 3.70. The molecule has 3 unspecified atom stereocenters. The SMILES string of the molecule is CCC1CCCCN1CC1CCCC1NC. The van der Waals surface area contributed by atoms with Crippen molar-refractivity contribution in [1.82, 2.24) is 10.2 Å². The minimum absolute atomic E-state index is 0.791. The number of rotatable bonds is 4. The summed E-state index contributed by atoms with van der Waals surface area (Å²) in [5.74, 6) is 0.914. The number of hydrogen-bond donors (Lipinski definition) is 1. The minimum Gasteiger partial charge on any atom is -0.317 e. The molecule has 1 aliphatic carbocycles. The van der Waals surface area contributed by atoms with Crippen LogP contribution in [0.1, 0.15) is 51.9 Å². The predicted octanol–water partition coefficient (Wildman–Crippen LogP) is 2.64. The Morgan fingerprint density at radius 1 is 1.12 bits per heavy atom. The second-order valence-corrected chi connectivity index (χ2v) is 5.64. The Bertz CT molecular complexity index is 205. The molecule has 2 fully saturated rings. The van der Waals surface area contributed by atoms with Crippen LogP contribution in [0.2, 0.25) is 0 Å². The third kappa shape index (κ3) is 2.78. The lowest BCUT2D eigenvalue weighted by Crippen LogP contribution is -2.45. The van der Waals surface area contributed by atoms with Crippen molar-refractivity contribution in [1.29, 1.82) is 0 Å². The average Bonchev–Trinajstić information content (AvgIpc) is 2.77. The molecule has 2 nitrogen and oxygen atoms in total. The van der Waals surface area contributed by atoms with Crippen LogP contribution in [-0.2, 0) is 0 Å². The molecule has 0 spiro atoms. The summed E-state index contributed by atoms with van der Waals surface area (Å²) in [7, 11) is 2.14. The van der Waals surface area contributed by atoms with Crippen LogP contribution in [0.15, 0.2) is 0 Å². The molecule has 0 aromatic heterocycles. The molecule has 16 heavy (non-hydrogen) atoms. The summed E-state index contributed by atoms with van der Waals surface area (Å²) in [6, 6.07) is 1.67. The van der Waals surface area contributed by atoms with E-state index in [4.69, 9.17) is 0 Å². The maximum atomic E-state index is 3.51. The molecular formula is C14H28N2. The zero-order chi connectivity index (χ0) is 11.4. The smallest absolute Gasteiger partial charge is 0.0104 e. The Morgan fingerprint density at radius 3 is 2.75 bits per heavy atom. The van der Waals surface area contributed by atoms with E-state index in [0.29, 0.717) is 0 Å². The lowest BCUT2D eigenvalue weighted by molar-refractivity contribution is 0.116. The van der Waals surface area contributed by atoms with Crippen LogP contribution < -0.4 is 5.32 Å². The van der Waals surface area contributed by atoms with Gasteiger partial charge in [0.25, 0.3) is 0 Å². The van der Waals surface area contributed by atoms with Crippen LogP contribution in [0.5, 0.6) is 0 Å². The van der Waals surface area contributed by atoms with E-state index in [1.165, 1.54) is 58.0 Å². The molecule has 2 rings (SSSR count). The second kappa shape index (κ2) is 6.02. The summed E-state index contributed by atoms with van der Waals surface area (Å²) in [4.78, 5) is 2.78.